The van der Waals surface area contributed by atoms with Gasteiger partial charge in [-0.25, -0.2) is 0 Å². The Kier molecular flexibility index (Phi) is 7.30. The molecule has 2 aliphatic heterocycles. The van der Waals surface area contributed by atoms with Gasteiger partial charge in [-0.05, 0) is 54.3 Å². The molecule has 0 amide bonds. The standard InChI is InChI=1S/C24H30O8/c1-14-2-5-18(31-24-23(28)22(27)21(26)20(12-25)32-24)11-16(14)10-15-3-6-17(7-4-15)30-19-8-9-29-13-19/h2-7,11,19-28H,8-10,12-13H2,1H3/t19-,20-,21-,22+,23-,24-/m1/s1. The summed E-state index contributed by atoms with van der Waals surface area (Å²) in [6, 6.07) is 13.5. The highest BCUT2D eigenvalue weighted by Gasteiger charge is 2.44. The fraction of sp³-hybridized carbons (Fsp3) is 0.500. The van der Waals surface area contributed by atoms with Crippen LogP contribution in [0.3, 0.4) is 0 Å². The van der Waals surface area contributed by atoms with Crippen molar-refractivity contribution in [2.24, 2.45) is 0 Å². The van der Waals surface area contributed by atoms with Gasteiger partial charge in [0.15, 0.2) is 0 Å². The van der Waals surface area contributed by atoms with Gasteiger partial charge in [0.2, 0.25) is 6.29 Å². The molecule has 2 aliphatic rings. The summed E-state index contributed by atoms with van der Waals surface area (Å²) in [6.45, 7) is 2.87. The lowest BCUT2D eigenvalue weighted by molar-refractivity contribution is -0.277. The summed E-state index contributed by atoms with van der Waals surface area (Å²) in [5.41, 5.74) is 3.22. The lowest BCUT2D eigenvalue weighted by Crippen LogP contribution is -2.60. The van der Waals surface area contributed by atoms with E-state index in [1.165, 1.54) is 0 Å². The van der Waals surface area contributed by atoms with E-state index in [0.29, 0.717) is 18.8 Å². The molecule has 0 aromatic heterocycles. The van der Waals surface area contributed by atoms with Gasteiger partial charge in [0.25, 0.3) is 0 Å². The van der Waals surface area contributed by atoms with Crippen molar-refractivity contribution in [1.29, 1.82) is 0 Å². The van der Waals surface area contributed by atoms with Crippen LogP contribution in [0.1, 0.15) is 23.1 Å². The fourth-order valence-electron chi connectivity index (χ4n) is 3.91. The largest absolute Gasteiger partial charge is 0.488 e. The molecule has 2 saturated heterocycles. The van der Waals surface area contributed by atoms with Crippen molar-refractivity contribution in [3.05, 3.63) is 59.2 Å². The van der Waals surface area contributed by atoms with E-state index in [-0.39, 0.29) is 6.10 Å². The second-order valence-corrected chi connectivity index (χ2v) is 8.33. The van der Waals surface area contributed by atoms with Crippen LogP contribution in [0.2, 0.25) is 0 Å². The van der Waals surface area contributed by atoms with E-state index in [1.54, 1.807) is 6.07 Å². The van der Waals surface area contributed by atoms with E-state index < -0.39 is 37.3 Å². The van der Waals surface area contributed by atoms with Crippen molar-refractivity contribution in [3.8, 4) is 11.5 Å². The third-order valence-corrected chi connectivity index (χ3v) is 5.93. The number of benzene rings is 2. The van der Waals surface area contributed by atoms with E-state index in [0.717, 1.165) is 35.5 Å². The minimum absolute atomic E-state index is 0.111. The van der Waals surface area contributed by atoms with Crippen molar-refractivity contribution in [2.45, 2.75) is 56.6 Å². The first-order valence-electron chi connectivity index (χ1n) is 10.8. The van der Waals surface area contributed by atoms with Crippen molar-refractivity contribution in [3.63, 3.8) is 0 Å². The molecule has 0 bridgehead atoms. The first-order valence-corrected chi connectivity index (χ1v) is 10.8. The van der Waals surface area contributed by atoms with Gasteiger partial charge in [-0.2, -0.15) is 0 Å². The van der Waals surface area contributed by atoms with Gasteiger partial charge < -0.3 is 39.4 Å². The summed E-state index contributed by atoms with van der Waals surface area (Å²) in [6.07, 6.45) is -4.89. The van der Waals surface area contributed by atoms with Crippen molar-refractivity contribution < 1.29 is 39.4 Å². The summed E-state index contributed by atoms with van der Waals surface area (Å²) < 4.78 is 22.4. The van der Waals surface area contributed by atoms with Gasteiger partial charge in [0, 0.05) is 6.42 Å². The molecule has 8 nitrogen and oxygen atoms in total. The third kappa shape index (κ3) is 5.23. The molecular formula is C24H30O8. The van der Waals surface area contributed by atoms with Crippen LogP contribution in [0.4, 0.5) is 0 Å². The number of aryl methyl sites for hydroxylation is 1. The molecule has 174 valence electrons. The summed E-state index contributed by atoms with van der Waals surface area (Å²) in [5.74, 6) is 1.27. The maximum atomic E-state index is 10.2. The predicted molar refractivity (Wildman–Crippen MR) is 115 cm³/mol. The molecule has 0 aliphatic carbocycles. The molecular weight excluding hydrogens is 416 g/mol. The Bertz CT molecular complexity index is 878. The number of hydrogen-bond acceptors (Lipinski definition) is 8. The van der Waals surface area contributed by atoms with Gasteiger partial charge in [-0.3, -0.25) is 0 Å². The maximum absolute atomic E-state index is 10.2. The summed E-state index contributed by atoms with van der Waals surface area (Å²) in [4.78, 5) is 0. The van der Waals surface area contributed by atoms with E-state index >= 15 is 0 Å². The number of aliphatic hydroxyl groups excluding tert-OH is 4. The van der Waals surface area contributed by atoms with Crippen LogP contribution in [0, 0.1) is 6.92 Å². The molecule has 6 atom stereocenters. The Morgan fingerprint density at radius 3 is 2.38 bits per heavy atom. The smallest absolute Gasteiger partial charge is 0.229 e. The van der Waals surface area contributed by atoms with Gasteiger partial charge in [0.05, 0.1) is 19.8 Å². The van der Waals surface area contributed by atoms with E-state index in [9.17, 15) is 20.4 Å². The van der Waals surface area contributed by atoms with Crippen molar-refractivity contribution in [1.82, 2.24) is 0 Å². The predicted octanol–water partition coefficient (Wildman–Crippen LogP) is 0.932. The highest BCUT2D eigenvalue weighted by molar-refractivity contribution is 5.39. The molecule has 0 saturated carbocycles. The first-order chi connectivity index (χ1) is 15.4. The van der Waals surface area contributed by atoms with Gasteiger partial charge >= 0.3 is 0 Å². The highest BCUT2D eigenvalue weighted by atomic mass is 16.7. The van der Waals surface area contributed by atoms with Gasteiger partial charge in [-0.1, -0.05) is 18.2 Å². The van der Waals surface area contributed by atoms with Crippen LogP contribution in [0.25, 0.3) is 0 Å². The molecule has 0 spiro atoms. The van der Waals surface area contributed by atoms with Gasteiger partial charge in [0.1, 0.15) is 42.0 Å². The molecule has 2 aromatic rings. The average molecular weight is 446 g/mol. The Morgan fingerprint density at radius 2 is 1.69 bits per heavy atom. The molecule has 2 aromatic carbocycles. The molecule has 0 radical (unpaired) electrons. The van der Waals surface area contributed by atoms with Crippen LogP contribution < -0.4 is 9.47 Å². The lowest BCUT2D eigenvalue weighted by atomic mass is 9.99. The summed E-state index contributed by atoms with van der Waals surface area (Å²) in [5, 5.41) is 39.4. The SMILES string of the molecule is Cc1ccc(O[C@@H]2O[C@H](CO)[C@@H](O)[C@H](O)[C@H]2O)cc1Cc1ccc(O[C@@H]2CCOC2)cc1. The normalized spacial score (nSPS) is 30.3. The number of hydrogen-bond donors (Lipinski definition) is 4. The van der Waals surface area contributed by atoms with Crippen LogP contribution in [0.5, 0.6) is 11.5 Å². The van der Waals surface area contributed by atoms with Crippen LogP contribution in [-0.4, -0.2) is 77.1 Å². The summed E-state index contributed by atoms with van der Waals surface area (Å²) in [7, 11) is 0. The molecule has 4 N–H and O–H groups in total. The highest BCUT2D eigenvalue weighted by Crippen LogP contribution is 2.27. The maximum Gasteiger partial charge on any atom is 0.229 e. The molecule has 4 rings (SSSR count). The second-order valence-electron chi connectivity index (χ2n) is 8.33. The topological polar surface area (TPSA) is 118 Å². The zero-order valence-corrected chi connectivity index (χ0v) is 18.0. The van der Waals surface area contributed by atoms with E-state index in [4.69, 9.17) is 18.9 Å². The van der Waals surface area contributed by atoms with E-state index in [2.05, 4.69) is 0 Å². The second kappa shape index (κ2) is 10.2. The Morgan fingerprint density at radius 1 is 0.938 bits per heavy atom. The molecule has 8 heteroatoms. The number of rotatable bonds is 7. The van der Waals surface area contributed by atoms with Crippen LogP contribution in [0.15, 0.2) is 42.5 Å². The van der Waals surface area contributed by atoms with E-state index in [1.807, 2.05) is 43.3 Å². The molecule has 2 heterocycles. The Hall–Kier alpha value is -2.20. The molecule has 32 heavy (non-hydrogen) atoms. The lowest BCUT2D eigenvalue weighted by Gasteiger charge is -2.39. The van der Waals surface area contributed by atoms with Crippen LogP contribution >= 0.6 is 0 Å². The fourth-order valence-corrected chi connectivity index (χ4v) is 3.91. The minimum atomic E-state index is -1.48. The Labute approximate surface area is 186 Å². The number of ether oxygens (including phenoxy) is 4. The Balaban J connectivity index is 1.42. The van der Waals surface area contributed by atoms with Crippen molar-refractivity contribution >= 4 is 0 Å². The molecule has 0 unspecified atom stereocenters. The van der Waals surface area contributed by atoms with Gasteiger partial charge in [-0.15, -0.1) is 0 Å². The monoisotopic (exact) mass is 446 g/mol. The average Bonchev–Trinajstić information content (AvgIpc) is 3.31. The summed E-state index contributed by atoms with van der Waals surface area (Å²) >= 11 is 0. The third-order valence-electron chi connectivity index (χ3n) is 5.93. The quantitative estimate of drug-likeness (QED) is 0.496. The minimum Gasteiger partial charge on any atom is -0.488 e. The number of aliphatic hydroxyl groups is 4. The molecule has 2 fully saturated rings. The first kappa shape index (κ1) is 23.0. The van der Waals surface area contributed by atoms with Crippen LogP contribution in [-0.2, 0) is 15.9 Å². The van der Waals surface area contributed by atoms with Crippen molar-refractivity contribution in [2.75, 3.05) is 19.8 Å². The zero-order chi connectivity index (χ0) is 22.7. The zero-order valence-electron chi connectivity index (χ0n) is 18.0.